The molecule has 2 heterocycles. The topological polar surface area (TPSA) is 47.5 Å². The molecule has 0 radical (unpaired) electrons. The van der Waals surface area contributed by atoms with E-state index in [0.717, 1.165) is 31.2 Å². The number of benzene rings is 1. The number of hydrogen-bond donors (Lipinski definition) is 3. The first-order chi connectivity index (χ1) is 12.1. The van der Waals surface area contributed by atoms with Crippen LogP contribution in [0.1, 0.15) is 37.3 Å². The number of nitrogens with one attached hydrogen (secondary N) is 2. The van der Waals surface area contributed by atoms with Gasteiger partial charge in [0.25, 0.3) is 0 Å². The molecule has 0 aromatic heterocycles. The van der Waals surface area contributed by atoms with Crippen molar-refractivity contribution in [3.05, 3.63) is 52.6 Å². The summed E-state index contributed by atoms with van der Waals surface area (Å²) in [6.07, 6.45) is 13.6. The molecule has 2 unspecified atom stereocenters. The van der Waals surface area contributed by atoms with E-state index in [9.17, 15) is 5.11 Å². The third kappa shape index (κ3) is 2.10. The minimum absolute atomic E-state index is 0.0219. The molecule has 0 saturated carbocycles. The first-order valence-electron chi connectivity index (χ1n) is 9.25. The summed E-state index contributed by atoms with van der Waals surface area (Å²) in [5.74, 6) is 0. The van der Waals surface area contributed by atoms with Gasteiger partial charge in [0.1, 0.15) is 0 Å². The van der Waals surface area contributed by atoms with Crippen molar-refractivity contribution >= 4 is 17.1 Å². The van der Waals surface area contributed by atoms with Crippen LogP contribution in [0.5, 0.6) is 0 Å². The van der Waals surface area contributed by atoms with Crippen LogP contribution in [0.4, 0.5) is 17.1 Å². The second-order valence-corrected chi connectivity index (χ2v) is 7.82. The number of fused-ring (bicyclic) bond motifs is 4. The van der Waals surface area contributed by atoms with Gasteiger partial charge < -0.3 is 20.6 Å². The zero-order valence-corrected chi connectivity index (χ0v) is 14.9. The normalized spacial score (nSPS) is 28.8. The molecule has 0 amide bonds. The molecule has 4 nitrogen and oxygen atoms in total. The number of aliphatic hydroxyl groups excluding tert-OH is 1. The van der Waals surface area contributed by atoms with Crippen LogP contribution in [-0.4, -0.2) is 23.9 Å². The van der Waals surface area contributed by atoms with Gasteiger partial charge in [-0.2, -0.15) is 0 Å². The van der Waals surface area contributed by atoms with Crippen molar-refractivity contribution in [1.82, 2.24) is 0 Å². The summed E-state index contributed by atoms with van der Waals surface area (Å²) in [5, 5.41) is 17.4. The van der Waals surface area contributed by atoms with E-state index in [1.807, 2.05) is 0 Å². The second kappa shape index (κ2) is 5.15. The molecule has 0 fully saturated rings. The molecule has 3 N–H and O–H groups in total. The Morgan fingerprint density at radius 3 is 3.00 bits per heavy atom. The van der Waals surface area contributed by atoms with Crippen LogP contribution in [0.25, 0.3) is 0 Å². The van der Waals surface area contributed by atoms with Crippen molar-refractivity contribution < 1.29 is 5.11 Å². The maximum atomic E-state index is 9.91. The Morgan fingerprint density at radius 1 is 1.32 bits per heavy atom. The average molecular weight is 335 g/mol. The molecular formula is C21H25N3O. The van der Waals surface area contributed by atoms with Gasteiger partial charge in [-0.25, -0.2) is 0 Å². The fourth-order valence-corrected chi connectivity index (χ4v) is 4.83. The average Bonchev–Trinajstić information content (AvgIpc) is 3.12. The van der Waals surface area contributed by atoms with E-state index in [0.29, 0.717) is 0 Å². The van der Waals surface area contributed by atoms with Gasteiger partial charge in [-0.1, -0.05) is 24.3 Å². The first-order valence-corrected chi connectivity index (χ1v) is 9.25. The van der Waals surface area contributed by atoms with Crippen molar-refractivity contribution in [1.29, 1.82) is 0 Å². The van der Waals surface area contributed by atoms with E-state index < -0.39 is 0 Å². The Balaban J connectivity index is 1.60. The van der Waals surface area contributed by atoms with E-state index in [1.54, 1.807) is 0 Å². The lowest BCUT2D eigenvalue weighted by atomic mass is 9.83. The Hall–Kier alpha value is -2.20. The van der Waals surface area contributed by atoms with Gasteiger partial charge in [0.05, 0.1) is 35.4 Å². The summed E-state index contributed by atoms with van der Waals surface area (Å²) in [6.45, 7) is 2.27. The molecule has 2 aliphatic carbocycles. The highest BCUT2D eigenvalue weighted by atomic mass is 16.3. The van der Waals surface area contributed by atoms with Gasteiger partial charge in [0.15, 0.2) is 0 Å². The molecule has 25 heavy (non-hydrogen) atoms. The summed E-state index contributed by atoms with van der Waals surface area (Å²) in [4.78, 5) is 2.25. The highest BCUT2D eigenvalue weighted by Crippen LogP contribution is 2.51. The smallest absolute Gasteiger partial charge is 0.0959 e. The molecule has 1 aromatic carbocycles. The summed E-state index contributed by atoms with van der Waals surface area (Å²) in [5.41, 5.74) is 8.90. The van der Waals surface area contributed by atoms with Crippen LogP contribution in [0.3, 0.4) is 0 Å². The Bertz CT molecular complexity index is 851. The quantitative estimate of drug-likeness (QED) is 0.732. The van der Waals surface area contributed by atoms with Crippen LogP contribution < -0.4 is 15.5 Å². The summed E-state index contributed by atoms with van der Waals surface area (Å²) < 4.78 is 0. The Labute approximate surface area is 148 Å². The first kappa shape index (κ1) is 15.1. The third-order valence-corrected chi connectivity index (χ3v) is 6.33. The minimum atomic E-state index is 0.0219. The van der Waals surface area contributed by atoms with Crippen molar-refractivity contribution in [2.75, 3.05) is 22.6 Å². The standard InChI is InChI=1S/C21H25N3O/c1-13-22-20-18(24(13)2)9-16(12-25)17-7-8-21(23-19(17)20)10-14-5-3-4-6-15(14)11-21/h3-5,9,11,13,22-23,25H,6-8,10,12H2,1-2H3. The molecule has 0 bridgehead atoms. The van der Waals surface area contributed by atoms with Gasteiger partial charge in [-0.15, -0.1) is 0 Å². The maximum absolute atomic E-state index is 9.91. The Kier molecular flexibility index (Phi) is 3.11. The molecule has 2 aliphatic heterocycles. The van der Waals surface area contributed by atoms with Gasteiger partial charge in [-0.05, 0) is 60.9 Å². The third-order valence-electron chi connectivity index (χ3n) is 6.33. The van der Waals surface area contributed by atoms with Crippen molar-refractivity contribution in [3.63, 3.8) is 0 Å². The highest BCUT2D eigenvalue weighted by Gasteiger charge is 2.41. The molecule has 5 rings (SSSR count). The van der Waals surface area contributed by atoms with Crippen LogP contribution >= 0.6 is 0 Å². The predicted molar refractivity (Wildman–Crippen MR) is 103 cm³/mol. The van der Waals surface area contributed by atoms with Crippen molar-refractivity contribution in [2.45, 2.75) is 50.9 Å². The molecule has 4 heteroatoms. The van der Waals surface area contributed by atoms with Gasteiger partial charge in [-0.3, -0.25) is 0 Å². The molecule has 1 spiro atoms. The molecule has 130 valence electrons. The summed E-state index contributed by atoms with van der Waals surface area (Å²) >= 11 is 0. The lowest BCUT2D eigenvalue weighted by Crippen LogP contribution is -2.39. The number of aliphatic hydroxyl groups is 1. The molecule has 0 saturated heterocycles. The highest BCUT2D eigenvalue weighted by molar-refractivity contribution is 5.91. The number of rotatable bonds is 1. The monoisotopic (exact) mass is 335 g/mol. The minimum Gasteiger partial charge on any atom is -0.392 e. The van der Waals surface area contributed by atoms with E-state index in [4.69, 9.17) is 0 Å². The van der Waals surface area contributed by atoms with Crippen molar-refractivity contribution in [2.24, 2.45) is 0 Å². The molecule has 1 aromatic rings. The number of anilines is 3. The maximum Gasteiger partial charge on any atom is 0.0959 e. The molecular weight excluding hydrogens is 310 g/mol. The van der Waals surface area contributed by atoms with Gasteiger partial charge in [0.2, 0.25) is 0 Å². The molecule has 2 atom stereocenters. The van der Waals surface area contributed by atoms with E-state index in [1.165, 1.54) is 33.8 Å². The van der Waals surface area contributed by atoms with E-state index in [-0.39, 0.29) is 18.3 Å². The summed E-state index contributed by atoms with van der Waals surface area (Å²) in [6, 6.07) is 2.16. The fraction of sp³-hybridized carbons (Fsp3) is 0.429. The number of allylic oxidation sites excluding steroid dienone is 4. The van der Waals surface area contributed by atoms with Crippen LogP contribution in [0, 0.1) is 0 Å². The number of hydrogen-bond acceptors (Lipinski definition) is 4. The van der Waals surface area contributed by atoms with E-state index in [2.05, 4.69) is 59.9 Å². The second-order valence-electron chi connectivity index (χ2n) is 7.82. The molecule has 4 aliphatic rings. The largest absolute Gasteiger partial charge is 0.392 e. The van der Waals surface area contributed by atoms with Crippen LogP contribution in [-0.2, 0) is 13.0 Å². The lowest BCUT2D eigenvalue weighted by Gasteiger charge is -2.37. The predicted octanol–water partition coefficient (Wildman–Crippen LogP) is 3.70. The van der Waals surface area contributed by atoms with E-state index >= 15 is 0 Å². The lowest BCUT2D eigenvalue weighted by molar-refractivity contribution is 0.280. The zero-order valence-electron chi connectivity index (χ0n) is 14.9. The van der Waals surface area contributed by atoms with Crippen LogP contribution in [0.2, 0.25) is 0 Å². The fourth-order valence-electron chi connectivity index (χ4n) is 4.83. The summed E-state index contributed by atoms with van der Waals surface area (Å²) in [7, 11) is 2.11. The number of nitrogens with zero attached hydrogens (tertiary/aromatic N) is 1. The van der Waals surface area contributed by atoms with Gasteiger partial charge >= 0.3 is 0 Å². The SMILES string of the molecule is CC1Nc2c(cc(CO)c3c2NC2(C=C4CC=CC=C4C2)CC3)N1C. The van der Waals surface area contributed by atoms with Crippen molar-refractivity contribution in [3.8, 4) is 0 Å². The zero-order chi connectivity index (χ0) is 17.2. The van der Waals surface area contributed by atoms with Gasteiger partial charge in [0, 0.05) is 7.05 Å². The Morgan fingerprint density at radius 2 is 2.20 bits per heavy atom. The van der Waals surface area contributed by atoms with Crippen LogP contribution in [0.15, 0.2) is 41.5 Å².